The number of hydrogen-bond donors (Lipinski definition) is 0. The van der Waals surface area contributed by atoms with E-state index in [2.05, 4.69) is 196 Å². The van der Waals surface area contributed by atoms with Crippen molar-refractivity contribution in [3.05, 3.63) is 193 Å². The van der Waals surface area contributed by atoms with Gasteiger partial charge in [-0.2, -0.15) is 0 Å². The summed E-state index contributed by atoms with van der Waals surface area (Å²) in [6, 6.07) is 65.4. The molecule has 250 valence electrons. The highest BCUT2D eigenvalue weighted by Crippen LogP contribution is 2.42. The second-order valence-electron chi connectivity index (χ2n) is 13.9. The summed E-state index contributed by atoms with van der Waals surface area (Å²) in [5.74, 6) is 0. The van der Waals surface area contributed by atoms with E-state index in [1.54, 1.807) is 0 Å². The molecular formula is C49H32ClN3. The molecule has 0 aliphatic rings. The lowest BCUT2D eigenvalue weighted by molar-refractivity contribution is 0.870. The van der Waals surface area contributed by atoms with Crippen LogP contribution in [-0.4, -0.2) is 13.7 Å². The monoisotopic (exact) mass is 697 g/mol. The van der Waals surface area contributed by atoms with Gasteiger partial charge >= 0.3 is 0 Å². The Hall–Kier alpha value is -6.55. The van der Waals surface area contributed by atoms with E-state index in [1.165, 1.54) is 59.9 Å². The third-order valence-electron chi connectivity index (χ3n) is 11.0. The highest BCUT2D eigenvalue weighted by molar-refractivity contribution is 6.35. The smallest absolute Gasteiger partial charge is 0.0725 e. The molecule has 0 radical (unpaired) electrons. The molecule has 0 bridgehead atoms. The third-order valence-corrected chi connectivity index (χ3v) is 11.4. The molecule has 53 heavy (non-hydrogen) atoms. The Morgan fingerprint density at radius 1 is 0.340 bits per heavy atom. The van der Waals surface area contributed by atoms with Gasteiger partial charge in [-0.1, -0.05) is 145 Å². The molecule has 0 saturated heterocycles. The van der Waals surface area contributed by atoms with Gasteiger partial charge in [-0.05, 0) is 54.1 Å². The van der Waals surface area contributed by atoms with E-state index in [1.807, 2.05) is 0 Å². The van der Waals surface area contributed by atoms with E-state index < -0.39 is 0 Å². The summed E-state index contributed by atoms with van der Waals surface area (Å²) in [4.78, 5) is 0. The second kappa shape index (κ2) is 11.7. The van der Waals surface area contributed by atoms with E-state index in [-0.39, 0.29) is 0 Å². The van der Waals surface area contributed by atoms with Crippen LogP contribution in [0.25, 0.3) is 87.9 Å². The zero-order chi connectivity index (χ0) is 35.0. The molecule has 3 nitrogen and oxygen atoms in total. The van der Waals surface area contributed by atoms with E-state index >= 15 is 0 Å². The largest absolute Gasteiger partial charge is 0.336 e. The Labute approximate surface area is 311 Å². The topological polar surface area (TPSA) is 14.8 Å². The van der Waals surface area contributed by atoms with Gasteiger partial charge in [0.05, 0.1) is 38.5 Å². The van der Waals surface area contributed by atoms with Crippen LogP contribution < -0.4 is 0 Å². The summed E-state index contributed by atoms with van der Waals surface area (Å²) in [7, 11) is 0. The predicted molar refractivity (Wildman–Crippen MR) is 224 cm³/mol. The van der Waals surface area contributed by atoms with E-state index in [0.717, 1.165) is 45.1 Å². The first kappa shape index (κ1) is 30.1. The minimum atomic E-state index is 0.722. The third kappa shape index (κ3) is 4.48. The number of benzene rings is 8. The van der Waals surface area contributed by atoms with Crippen LogP contribution in [0.15, 0.2) is 182 Å². The number of hydrogen-bond acceptors (Lipinski definition) is 0. The highest BCUT2D eigenvalue weighted by Gasteiger charge is 2.21. The van der Waals surface area contributed by atoms with Crippen molar-refractivity contribution >= 4 is 77.0 Å². The van der Waals surface area contributed by atoms with Crippen LogP contribution in [0.2, 0.25) is 5.02 Å². The Morgan fingerprint density at radius 2 is 0.755 bits per heavy atom. The van der Waals surface area contributed by atoms with Gasteiger partial charge in [0.25, 0.3) is 0 Å². The molecule has 0 saturated carbocycles. The van der Waals surface area contributed by atoms with E-state index in [4.69, 9.17) is 11.6 Å². The Balaban J connectivity index is 1.12. The van der Waals surface area contributed by atoms with Gasteiger partial charge in [0.1, 0.15) is 0 Å². The van der Waals surface area contributed by atoms with Crippen molar-refractivity contribution < 1.29 is 0 Å². The maximum atomic E-state index is 7.57. The molecule has 11 rings (SSSR count). The van der Waals surface area contributed by atoms with Crippen LogP contribution in [0.3, 0.4) is 0 Å². The van der Waals surface area contributed by atoms with Gasteiger partial charge in [0.15, 0.2) is 0 Å². The average Bonchev–Trinajstić information content (AvgIpc) is 3.84. The van der Waals surface area contributed by atoms with Gasteiger partial charge in [-0.15, -0.1) is 0 Å². The normalized spacial score (nSPS) is 11.9. The lowest BCUT2D eigenvalue weighted by Gasteiger charge is -2.18. The Bertz CT molecular complexity index is 3120. The van der Waals surface area contributed by atoms with Crippen molar-refractivity contribution in [1.29, 1.82) is 0 Å². The number of aromatic nitrogens is 3. The predicted octanol–water partition coefficient (Wildman–Crippen LogP) is 13.4. The SMILES string of the molecule is Clc1c(-c2ccccc2-n2c3ccccc3c3ccc(Cn4c5ccccc5c5ccccc54)cc32)cccc1-n1c2ccccc2c2ccccc21. The zero-order valence-electron chi connectivity index (χ0n) is 28.7. The number of nitrogens with zero attached hydrogens (tertiary/aromatic N) is 3. The summed E-state index contributed by atoms with van der Waals surface area (Å²) in [5.41, 5.74) is 12.5. The van der Waals surface area contributed by atoms with Crippen LogP contribution >= 0.6 is 11.6 Å². The van der Waals surface area contributed by atoms with Crippen molar-refractivity contribution in [3.63, 3.8) is 0 Å². The molecule has 0 atom stereocenters. The molecule has 0 aliphatic heterocycles. The standard InChI is InChI=1S/C49H32ClN3/c50-49-40(20-13-27-47(49)52-43-23-9-3-16-35(43)36-17-4-10-24-44(36)52)38-19-6-12-26-46(38)53-45-25-11-5-18-37(45)39-29-28-32(30-48(39)53)31-51-41-21-7-1-14-33(41)34-15-2-8-22-42(34)51/h1-30H,31H2. The van der Waals surface area contributed by atoms with Gasteiger partial charge in [0.2, 0.25) is 0 Å². The highest BCUT2D eigenvalue weighted by atomic mass is 35.5. The number of halogens is 1. The average molecular weight is 698 g/mol. The quantitative estimate of drug-likeness (QED) is 0.170. The number of fused-ring (bicyclic) bond motifs is 9. The van der Waals surface area contributed by atoms with E-state index in [9.17, 15) is 0 Å². The van der Waals surface area contributed by atoms with Crippen LogP contribution in [0.1, 0.15) is 5.56 Å². The van der Waals surface area contributed by atoms with Crippen molar-refractivity contribution in [3.8, 4) is 22.5 Å². The molecule has 0 N–H and O–H groups in total. The fourth-order valence-electron chi connectivity index (χ4n) is 8.71. The number of rotatable bonds is 5. The molecule has 8 aromatic carbocycles. The van der Waals surface area contributed by atoms with Crippen LogP contribution in [0.5, 0.6) is 0 Å². The number of para-hydroxylation sites is 6. The molecule has 0 aliphatic carbocycles. The maximum absolute atomic E-state index is 7.57. The lowest BCUT2D eigenvalue weighted by atomic mass is 10.0. The van der Waals surface area contributed by atoms with Crippen molar-refractivity contribution in [1.82, 2.24) is 13.7 Å². The van der Waals surface area contributed by atoms with Gasteiger partial charge < -0.3 is 13.7 Å². The lowest BCUT2D eigenvalue weighted by Crippen LogP contribution is -2.01. The molecule has 0 fully saturated rings. The molecule has 3 heterocycles. The molecule has 4 heteroatoms. The first-order valence-corrected chi connectivity index (χ1v) is 18.5. The molecule has 0 spiro atoms. The van der Waals surface area contributed by atoms with Crippen molar-refractivity contribution in [2.24, 2.45) is 0 Å². The summed E-state index contributed by atoms with van der Waals surface area (Å²) in [6.45, 7) is 0.764. The van der Waals surface area contributed by atoms with Gasteiger partial charge in [0, 0.05) is 61.0 Å². The zero-order valence-corrected chi connectivity index (χ0v) is 29.5. The minimum absolute atomic E-state index is 0.722. The van der Waals surface area contributed by atoms with E-state index in [0.29, 0.717) is 0 Å². The fraction of sp³-hybridized carbons (Fsp3) is 0.0204. The maximum Gasteiger partial charge on any atom is 0.0725 e. The van der Waals surface area contributed by atoms with Gasteiger partial charge in [-0.25, -0.2) is 0 Å². The summed E-state index contributed by atoms with van der Waals surface area (Å²) in [6.07, 6.45) is 0. The van der Waals surface area contributed by atoms with Crippen LogP contribution in [0.4, 0.5) is 0 Å². The molecule has 11 aromatic rings. The second-order valence-corrected chi connectivity index (χ2v) is 14.2. The molecular weight excluding hydrogens is 666 g/mol. The van der Waals surface area contributed by atoms with Crippen molar-refractivity contribution in [2.75, 3.05) is 0 Å². The fourth-order valence-corrected chi connectivity index (χ4v) is 9.02. The summed E-state index contributed by atoms with van der Waals surface area (Å²) >= 11 is 7.57. The van der Waals surface area contributed by atoms with Crippen LogP contribution in [0, 0.1) is 0 Å². The molecule has 0 unspecified atom stereocenters. The molecule has 0 amide bonds. The Kier molecular flexibility index (Phi) is 6.67. The summed E-state index contributed by atoms with van der Waals surface area (Å²) in [5, 5.41) is 8.18. The first-order chi connectivity index (χ1) is 26.2. The first-order valence-electron chi connectivity index (χ1n) is 18.1. The Morgan fingerprint density at radius 3 is 1.34 bits per heavy atom. The molecule has 3 aromatic heterocycles. The van der Waals surface area contributed by atoms with Crippen molar-refractivity contribution in [2.45, 2.75) is 6.54 Å². The summed E-state index contributed by atoms with van der Waals surface area (Å²) < 4.78 is 7.19. The van der Waals surface area contributed by atoms with Crippen LogP contribution in [-0.2, 0) is 6.54 Å². The minimum Gasteiger partial charge on any atom is -0.336 e. The van der Waals surface area contributed by atoms with Gasteiger partial charge in [-0.3, -0.25) is 0 Å².